The number of amides is 2. The summed E-state index contributed by atoms with van der Waals surface area (Å²) >= 11 is 0. The van der Waals surface area contributed by atoms with Crippen molar-refractivity contribution < 1.29 is 22.4 Å². The molecule has 9 heteroatoms. The van der Waals surface area contributed by atoms with E-state index in [0.29, 0.717) is 45.3 Å². The van der Waals surface area contributed by atoms with E-state index in [9.17, 15) is 22.4 Å². The van der Waals surface area contributed by atoms with Crippen molar-refractivity contribution in [2.45, 2.75) is 30.6 Å². The van der Waals surface area contributed by atoms with Gasteiger partial charge in [-0.1, -0.05) is 0 Å². The van der Waals surface area contributed by atoms with Crippen molar-refractivity contribution in [2.24, 2.45) is 17.6 Å². The fourth-order valence-electron chi connectivity index (χ4n) is 3.76. The van der Waals surface area contributed by atoms with Crippen LogP contribution in [0.5, 0.6) is 0 Å². The lowest BCUT2D eigenvalue weighted by molar-refractivity contribution is -0.139. The van der Waals surface area contributed by atoms with Crippen LogP contribution in [0.25, 0.3) is 0 Å². The van der Waals surface area contributed by atoms with Gasteiger partial charge in [-0.15, -0.1) is 0 Å². The van der Waals surface area contributed by atoms with Gasteiger partial charge in [0.1, 0.15) is 5.82 Å². The first-order valence-corrected chi connectivity index (χ1v) is 10.6. The molecular formula is C18H24FN3O4S. The third kappa shape index (κ3) is 4.30. The fourth-order valence-corrected chi connectivity index (χ4v) is 5.28. The van der Waals surface area contributed by atoms with Gasteiger partial charge < -0.3 is 10.6 Å². The lowest BCUT2D eigenvalue weighted by atomic mass is 9.93. The fraction of sp³-hybridized carbons (Fsp3) is 0.556. The molecule has 27 heavy (non-hydrogen) atoms. The molecule has 0 unspecified atom stereocenters. The third-order valence-electron chi connectivity index (χ3n) is 5.39. The number of sulfonamides is 1. The van der Waals surface area contributed by atoms with Crippen LogP contribution in [0.4, 0.5) is 4.39 Å². The first-order chi connectivity index (χ1) is 12.8. The second-order valence-electron chi connectivity index (χ2n) is 7.16. The predicted molar refractivity (Wildman–Crippen MR) is 96.4 cm³/mol. The molecule has 2 aliphatic heterocycles. The molecule has 2 fully saturated rings. The smallest absolute Gasteiger partial charge is 0.243 e. The number of likely N-dealkylation sites (tertiary alicyclic amines) is 1. The van der Waals surface area contributed by atoms with Gasteiger partial charge in [-0.05, 0) is 49.9 Å². The number of carbonyl (C=O) groups is 2. The van der Waals surface area contributed by atoms with Crippen molar-refractivity contribution in [1.29, 1.82) is 0 Å². The van der Waals surface area contributed by atoms with Crippen LogP contribution in [0.2, 0.25) is 0 Å². The minimum Gasteiger partial charge on any atom is -0.369 e. The molecule has 2 saturated heterocycles. The van der Waals surface area contributed by atoms with Crippen LogP contribution in [0.1, 0.15) is 25.7 Å². The zero-order chi connectivity index (χ0) is 19.6. The Balaban J connectivity index is 1.66. The highest BCUT2D eigenvalue weighted by Gasteiger charge is 2.36. The van der Waals surface area contributed by atoms with Gasteiger partial charge in [-0.25, -0.2) is 12.8 Å². The molecule has 1 atom stereocenters. The first-order valence-electron chi connectivity index (χ1n) is 9.13. The second-order valence-corrected chi connectivity index (χ2v) is 9.10. The van der Waals surface area contributed by atoms with E-state index >= 15 is 0 Å². The Hall–Kier alpha value is -2.00. The van der Waals surface area contributed by atoms with E-state index < -0.39 is 21.8 Å². The van der Waals surface area contributed by atoms with Gasteiger partial charge in [0.15, 0.2) is 0 Å². The summed E-state index contributed by atoms with van der Waals surface area (Å²) in [4.78, 5) is 25.8. The van der Waals surface area contributed by atoms with Crippen molar-refractivity contribution in [3.8, 4) is 0 Å². The van der Waals surface area contributed by atoms with Gasteiger partial charge in [-0.2, -0.15) is 4.31 Å². The average Bonchev–Trinajstić information content (AvgIpc) is 2.68. The SMILES string of the molecule is NC(=O)C1CCN(C(=O)[C@@H]2CCCN(S(=O)(=O)c3ccc(F)cc3)C2)CC1. The monoisotopic (exact) mass is 397 g/mol. The summed E-state index contributed by atoms with van der Waals surface area (Å²) in [5, 5.41) is 0. The molecule has 0 bridgehead atoms. The molecule has 2 aliphatic rings. The Bertz CT molecular complexity index is 804. The Morgan fingerprint density at radius 2 is 1.63 bits per heavy atom. The zero-order valence-electron chi connectivity index (χ0n) is 15.0. The van der Waals surface area contributed by atoms with Crippen molar-refractivity contribution in [1.82, 2.24) is 9.21 Å². The average molecular weight is 397 g/mol. The molecule has 3 rings (SSSR count). The van der Waals surface area contributed by atoms with E-state index in [0.717, 1.165) is 12.1 Å². The van der Waals surface area contributed by atoms with E-state index in [4.69, 9.17) is 5.73 Å². The number of halogens is 1. The summed E-state index contributed by atoms with van der Waals surface area (Å²) in [6.45, 7) is 1.39. The van der Waals surface area contributed by atoms with Crippen LogP contribution in [0.15, 0.2) is 29.2 Å². The molecule has 7 nitrogen and oxygen atoms in total. The van der Waals surface area contributed by atoms with Gasteiger partial charge >= 0.3 is 0 Å². The van der Waals surface area contributed by atoms with E-state index in [1.165, 1.54) is 16.4 Å². The Kier molecular flexibility index (Phi) is 5.81. The predicted octanol–water partition coefficient (Wildman–Crippen LogP) is 0.950. The molecule has 0 spiro atoms. The molecule has 0 aromatic heterocycles. The summed E-state index contributed by atoms with van der Waals surface area (Å²) < 4.78 is 40.0. The summed E-state index contributed by atoms with van der Waals surface area (Å²) in [6, 6.07) is 4.71. The van der Waals surface area contributed by atoms with Crippen molar-refractivity contribution in [3.63, 3.8) is 0 Å². The van der Waals surface area contributed by atoms with Crippen molar-refractivity contribution >= 4 is 21.8 Å². The number of hydrogen-bond acceptors (Lipinski definition) is 4. The van der Waals surface area contributed by atoms with Crippen LogP contribution in [0.3, 0.4) is 0 Å². The van der Waals surface area contributed by atoms with E-state index in [-0.39, 0.29) is 29.2 Å². The quantitative estimate of drug-likeness (QED) is 0.817. The lowest BCUT2D eigenvalue weighted by Gasteiger charge is -2.37. The van der Waals surface area contributed by atoms with E-state index in [1.54, 1.807) is 4.90 Å². The van der Waals surface area contributed by atoms with Gasteiger partial charge in [0.05, 0.1) is 10.8 Å². The highest BCUT2D eigenvalue weighted by atomic mass is 32.2. The van der Waals surface area contributed by atoms with E-state index in [2.05, 4.69) is 0 Å². The Labute approximate surface area is 158 Å². The largest absolute Gasteiger partial charge is 0.369 e. The topological polar surface area (TPSA) is 101 Å². The maximum Gasteiger partial charge on any atom is 0.243 e. The summed E-state index contributed by atoms with van der Waals surface area (Å²) in [5.74, 6) is -1.51. The molecule has 148 valence electrons. The normalized spacial score (nSPS) is 22.6. The minimum absolute atomic E-state index is 0.0271. The number of carbonyl (C=O) groups excluding carboxylic acids is 2. The molecule has 1 aromatic rings. The molecular weight excluding hydrogens is 373 g/mol. The molecule has 1 aromatic carbocycles. The van der Waals surface area contributed by atoms with Gasteiger partial charge in [0.2, 0.25) is 21.8 Å². The van der Waals surface area contributed by atoms with Crippen molar-refractivity contribution in [2.75, 3.05) is 26.2 Å². The highest BCUT2D eigenvalue weighted by Crippen LogP contribution is 2.27. The van der Waals surface area contributed by atoms with Crippen LogP contribution in [-0.2, 0) is 19.6 Å². The minimum atomic E-state index is -3.76. The molecule has 2 amide bonds. The van der Waals surface area contributed by atoms with Crippen molar-refractivity contribution in [3.05, 3.63) is 30.1 Å². The van der Waals surface area contributed by atoms with Gasteiger partial charge in [0.25, 0.3) is 0 Å². The number of nitrogens with two attached hydrogens (primary N) is 1. The van der Waals surface area contributed by atoms with Crippen LogP contribution in [0, 0.1) is 17.7 Å². The van der Waals surface area contributed by atoms with E-state index in [1.807, 2.05) is 0 Å². The number of primary amides is 1. The van der Waals surface area contributed by atoms with Gasteiger partial charge in [0, 0.05) is 32.1 Å². The van der Waals surface area contributed by atoms with Crippen LogP contribution in [-0.4, -0.2) is 55.6 Å². The molecule has 2 N–H and O–H groups in total. The highest BCUT2D eigenvalue weighted by molar-refractivity contribution is 7.89. The number of rotatable bonds is 4. The first kappa shape index (κ1) is 19.8. The number of benzene rings is 1. The Morgan fingerprint density at radius 1 is 1.00 bits per heavy atom. The maximum absolute atomic E-state index is 13.1. The summed E-state index contributed by atoms with van der Waals surface area (Å²) in [5.41, 5.74) is 5.32. The zero-order valence-corrected chi connectivity index (χ0v) is 15.8. The van der Waals surface area contributed by atoms with Gasteiger partial charge in [-0.3, -0.25) is 9.59 Å². The Morgan fingerprint density at radius 3 is 2.22 bits per heavy atom. The standard InChI is InChI=1S/C18H24FN3O4S/c19-15-3-5-16(6-4-15)27(25,26)22-9-1-2-14(12-22)18(24)21-10-7-13(8-11-21)17(20)23/h3-6,13-14H,1-2,7-12H2,(H2,20,23)/t14-/m1/s1. The second kappa shape index (κ2) is 7.93. The number of nitrogens with zero attached hydrogens (tertiary/aromatic N) is 2. The number of piperidine rings is 2. The summed E-state index contributed by atoms with van der Waals surface area (Å²) in [6.07, 6.45) is 2.31. The third-order valence-corrected chi connectivity index (χ3v) is 7.27. The number of hydrogen-bond donors (Lipinski definition) is 1. The molecule has 0 saturated carbocycles. The summed E-state index contributed by atoms with van der Waals surface area (Å²) in [7, 11) is -3.76. The molecule has 0 radical (unpaired) electrons. The van der Waals surface area contributed by atoms with Crippen LogP contribution < -0.4 is 5.73 Å². The maximum atomic E-state index is 13.1. The molecule has 0 aliphatic carbocycles. The molecule has 2 heterocycles. The van der Waals surface area contributed by atoms with Crippen LogP contribution >= 0.6 is 0 Å². The lowest BCUT2D eigenvalue weighted by Crippen LogP contribution is -2.49.